The average molecular weight is 362 g/mol. The first kappa shape index (κ1) is 16.1. The Morgan fingerprint density at radius 3 is 2.36 bits per heavy atom. The molecule has 0 amide bonds. The van der Waals surface area contributed by atoms with E-state index in [9.17, 15) is 4.79 Å². The highest BCUT2D eigenvalue weighted by molar-refractivity contribution is 9.10. The first-order valence-electron chi connectivity index (χ1n) is 6.59. The number of hydrogen-bond donors (Lipinski definition) is 1. The maximum Gasteiger partial charge on any atom is 0.187 e. The van der Waals surface area contributed by atoms with Gasteiger partial charge in [-0.1, -0.05) is 15.9 Å². The third-order valence-corrected chi connectivity index (χ3v) is 3.53. The van der Waals surface area contributed by atoms with Crippen LogP contribution in [0.1, 0.15) is 10.4 Å². The molecule has 22 heavy (non-hydrogen) atoms. The molecular weight excluding hydrogens is 346 g/mol. The number of rotatable bonds is 6. The molecule has 0 aliphatic heterocycles. The zero-order valence-electron chi connectivity index (χ0n) is 12.3. The predicted octanol–water partition coefficient (Wildman–Crippen LogP) is 4.27. The normalized spacial score (nSPS) is 10.5. The number of ether oxygens (including phenoxy) is 2. The molecule has 1 N–H and O–H groups in total. The van der Waals surface area contributed by atoms with Gasteiger partial charge in [0.05, 0.1) is 14.2 Å². The van der Waals surface area contributed by atoms with Crippen molar-refractivity contribution in [1.82, 2.24) is 0 Å². The Hall–Kier alpha value is -2.27. The molecule has 0 saturated heterocycles. The predicted molar refractivity (Wildman–Crippen MR) is 90.8 cm³/mol. The van der Waals surface area contributed by atoms with Gasteiger partial charge < -0.3 is 14.8 Å². The van der Waals surface area contributed by atoms with Crippen molar-refractivity contribution in [1.29, 1.82) is 0 Å². The van der Waals surface area contributed by atoms with Gasteiger partial charge in [0.2, 0.25) is 0 Å². The number of halogens is 1. The summed E-state index contributed by atoms with van der Waals surface area (Å²) in [6.45, 7) is 0. The van der Waals surface area contributed by atoms with E-state index in [2.05, 4.69) is 21.2 Å². The SMILES string of the molecule is COc1ccc(C(=O)/C=C\Nc2ccc(Br)cc2)cc1OC. The highest BCUT2D eigenvalue weighted by Gasteiger charge is 2.08. The zero-order chi connectivity index (χ0) is 15.9. The summed E-state index contributed by atoms with van der Waals surface area (Å²) in [6.07, 6.45) is 3.09. The van der Waals surface area contributed by atoms with Crippen LogP contribution in [0, 0.1) is 0 Å². The highest BCUT2D eigenvalue weighted by Crippen LogP contribution is 2.27. The van der Waals surface area contributed by atoms with Gasteiger partial charge in [0, 0.05) is 28.0 Å². The zero-order valence-corrected chi connectivity index (χ0v) is 13.9. The summed E-state index contributed by atoms with van der Waals surface area (Å²) in [5.41, 5.74) is 1.44. The Labute approximate surface area is 137 Å². The second-order valence-corrected chi connectivity index (χ2v) is 5.33. The summed E-state index contributed by atoms with van der Waals surface area (Å²) in [5, 5.41) is 3.05. The first-order chi connectivity index (χ1) is 10.6. The van der Waals surface area contributed by atoms with Gasteiger partial charge in [0.25, 0.3) is 0 Å². The number of methoxy groups -OCH3 is 2. The van der Waals surface area contributed by atoms with Crippen LogP contribution in [0.4, 0.5) is 5.69 Å². The second-order valence-electron chi connectivity index (χ2n) is 4.42. The van der Waals surface area contributed by atoms with Gasteiger partial charge in [-0.2, -0.15) is 0 Å². The number of anilines is 1. The Morgan fingerprint density at radius 2 is 1.73 bits per heavy atom. The molecule has 0 spiro atoms. The van der Waals surface area contributed by atoms with Crippen molar-refractivity contribution in [2.75, 3.05) is 19.5 Å². The van der Waals surface area contributed by atoms with Gasteiger partial charge in [0.15, 0.2) is 17.3 Å². The second kappa shape index (κ2) is 7.66. The number of allylic oxidation sites excluding steroid dienone is 1. The van der Waals surface area contributed by atoms with Gasteiger partial charge in [0.1, 0.15) is 0 Å². The quantitative estimate of drug-likeness (QED) is 0.616. The molecule has 0 radical (unpaired) electrons. The summed E-state index contributed by atoms with van der Waals surface area (Å²) in [4.78, 5) is 12.1. The summed E-state index contributed by atoms with van der Waals surface area (Å²) in [7, 11) is 3.10. The van der Waals surface area contributed by atoms with E-state index in [1.54, 1.807) is 31.5 Å². The van der Waals surface area contributed by atoms with Crippen LogP contribution in [0.2, 0.25) is 0 Å². The molecule has 0 unspecified atom stereocenters. The van der Waals surface area contributed by atoms with Crippen LogP contribution in [-0.2, 0) is 0 Å². The minimum absolute atomic E-state index is 0.120. The number of carbonyl (C=O) groups excluding carboxylic acids is 1. The van der Waals surface area contributed by atoms with Crippen LogP contribution < -0.4 is 14.8 Å². The minimum atomic E-state index is -0.120. The van der Waals surface area contributed by atoms with Crippen molar-refractivity contribution < 1.29 is 14.3 Å². The lowest BCUT2D eigenvalue weighted by atomic mass is 10.1. The van der Waals surface area contributed by atoms with Crippen molar-refractivity contribution in [3.8, 4) is 11.5 Å². The summed E-state index contributed by atoms with van der Waals surface area (Å²) in [6, 6.07) is 12.7. The Morgan fingerprint density at radius 1 is 1.05 bits per heavy atom. The van der Waals surface area contributed by atoms with Gasteiger partial charge >= 0.3 is 0 Å². The number of carbonyl (C=O) groups is 1. The standard InChI is InChI=1S/C17H16BrNO3/c1-21-16-8-3-12(11-17(16)22-2)15(20)9-10-19-14-6-4-13(18)5-7-14/h3-11,19H,1-2H3/b10-9-. The van der Waals surface area contributed by atoms with E-state index in [1.165, 1.54) is 13.2 Å². The molecule has 0 aliphatic carbocycles. The van der Waals surface area contributed by atoms with Crippen molar-refractivity contribution in [3.63, 3.8) is 0 Å². The lowest BCUT2D eigenvalue weighted by Crippen LogP contribution is -1.98. The maximum absolute atomic E-state index is 12.1. The van der Waals surface area contributed by atoms with E-state index in [4.69, 9.17) is 9.47 Å². The summed E-state index contributed by atoms with van der Waals surface area (Å²) in [5.74, 6) is 1.00. The van der Waals surface area contributed by atoms with Crippen molar-refractivity contribution in [2.45, 2.75) is 0 Å². The molecule has 0 bridgehead atoms. The molecule has 2 aromatic carbocycles. The van der Waals surface area contributed by atoms with E-state index in [0.29, 0.717) is 17.1 Å². The minimum Gasteiger partial charge on any atom is -0.493 e. The summed E-state index contributed by atoms with van der Waals surface area (Å²) < 4.78 is 11.3. The average Bonchev–Trinajstić information content (AvgIpc) is 2.55. The van der Waals surface area contributed by atoms with Gasteiger partial charge in [-0.3, -0.25) is 4.79 Å². The number of ketones is 1. The fourth-order valence-electron chi connectivity index (χ4n) is 1.85. The van der Waals surface area contributed by atoms with Crippen LogP contribution in [0.15, 0.2) is 59.2 Å². The first-order valence-corrected chi connectivity index (χ1v) is 7.38. The van der Waals surface area contributed by atoms with Crippen LogP contribution in [0.3, 0.4) is 0 Å². The van der Waals surface area contributed by atoms with Crippen LogP contribution in [-0.4, -0.2) is 20.0 Å². The topological polar surface area (TPSA) is 47.6 Å². The lowest BCUT2D eigenvalue weighted by Gasteiger charge is -2.08. The van der Waals surface area contributed by atoms with Crippen LogP contribution >= 0.6 is 15.9 Å². The smallest absolute Gasteiger partial charge is 0.187 e. The van der Waals surface area contributed by atoms with Crippen molar-refractivity contribution in [2.24, 2.45) is 0 Å². The van der Waals surface area contributed by atoms with Gasteiger partial charge in [-0.05, 0) is 42.5 Å². The fraction of sp³-hybridized carbons (Fsp3) is 0.118. The largest absolute Gasteiger partial charge is 0.493 e. The Balaban J connectivity index is 2.05. The van der Waals surface area contributed by atoms with E-state index >= 15 is 0 Å². The monoisotopic (exact) mass is 361 g/mol. The highest BCUT2D eigenvalue weighted by atomic mass is 79.9. The third kappa shape index (κ3) is 4.11. The number of benzene rings is 2. The molecule has 0 aliphatic rings. The van der Waals surface area contributed by atoms with Crippen LogP contribution in [0.5, 0.6) is 11.5 Å². The van der Waals surface area contributed by atoms with Gasteiger partial charge in [-0.15, -0.1) is 0 Å². The molecule has 4 nitrogen and oxygen atoms in total. The molecule has 2 aromatic rings. The van der Waals surface area contributed by atoms with Crippen molar-refractivity contribution >= 4 is 27.4 Å². The lowest BCUT2D eigenvalue weighted by molar-refractivity contribution is 0.104. The number of hydrogen-bond acceptors (Lipinski definition) is 4. The van der Waals surface area contributed by atoms with E-state index in [1.807, 2.05) is 24.3 Å². The van der Waals surface area contributed by atoms with E-state index in [-0.39, 0.29) is 5.78 Å². The van der Waals surface area contributed by atoms with Gasteiger partial charge in [-0.25, -0.2) is 0 Å². The molecule has 0 fully saturated rings. The van der Waals surface area contributed by atoms with Crippen molar-refractivity contribution in [3.05, 3.63) is 64.8 Å². The number of nitrogens with one attached hydrogen (secondary N) is 1. The molecule has 0 heterocycles. The third-order valence-electron chi connectivity index (χ3n) is 3.00. The van der Waals surface area contributed by atoms with Crippen LogP contribution in [0.25, 0.3) is 0 Å². The Bertz CT molecular complexity index is 681. The van der Waals surface area contributed by atoms with E-state index in [0.717, 1.165) is 10.2 Å². The molecule has 0 aromatic heterocycles. The maximum atomic E-state index is 12.1. The molecule has 2 rings (SSSR count). The Kier molecular flexibility index (Phi) is 5.61. The molecule has 0 saturated carbocycles. The summed E-state index contributed by atoms with van der Waals surface area (Å²) >= 11 is 3.37. The molecule has 114 valence electrons. The molecule has 0 atom stereocenters. The molecule has 5 heteroatoms. The molecular formula is C17H16BrNO3. The fourth-order valence-corrected chi connectivity index (χ4v) is 2.11. The van der Waals surface area contributed by atoms with E-state index < -0.39 is 0 Å².